The zero-order valence-corrected chi connectivity index (χ0v) is 20.0. The van der Waals surface area contributed by atoms with E-state index in [9.17, 15) is 0 Å². The van der Waals surface area contributed by atoms with Crippen molar-refractivity contribution in [3.05, 3.63) is 64.2 Å². The third-order valence-electron chi connectivity index (χ3n) is 5.40. The monoisotopic (exact) mass is 463 g/mol. The molecular weight excluding hydrogens is 438 g/mol. The second-order valence-corrected chi connectivity index (χ2v) is 16.4. The van der Waals surface area contributed by atoms with Crippen LogP contribution in [0.4, 0.5) is 0 Å². The molecule has 0 saturated heterocycles. The fourth-order valence-corrected chi connectivity index (χ4v) is 9.51. The number of benzene rings is 2. The van der Waals surface area contributed by atoms with E-state index in [1.807, 2.05) is 0 Å². The summed E-state index contributed by atoms with van der Waals surface area (Å²) in [6.07, 6.45) is 5.95. The van der Waals surface area contributed by atoms with E-state index in [4.69, 9.17) is 17.0 Å². The van der Waals surface area contributed by atoms with Gasteiger partial charge in [0.25, 0.3) is 0 Å². The molecule has 0 saturated carbocycles. The van der Waals surface area contributed by atoms with Gasteiger partial charge in [0.1, 0.15) is 0 Å². The molecule has 0 aromatic heterocycles. The molecule has 1 aliphatic rings. The van der Waals surface area contributed by atoms with Gasteiger partial charge in [-0.3, -0.25) is 0 Å². The summed E-state index contributed by atoms with van der Waals surface area (Å²) in [5.74, 6) is 0.478. The Morgan fingerprint density at radius 3 is 2.42 bits per heavy atom. The fourth-order valence-electron chi connectivity index (χ4n) is 4.02. The fraction of sp³-hybridized carbons (Fsp3) is 0.391. The van der Waals surface area contributed by atoms with Crippen LogP contribution in [0.25, 0.3) is 17.2 Å². The van der Waals surface area contributed by atoms with Gasteiger partial charge in [-0.15, -0.1) is 0 Å². The quantitative estimate of drug-likeness (QED) is 0.402. The van der Waals surface area contributed by atoms with Crippen LogP contribution in [0.5, 0.6) is 0 Å². The van der Waals surface area contributed by atoms with Gasteiger partial charge in [0, 0.05) is 0 Å². The molecule has 0 N–H and O–H groups in total. The van der Waals surface area contributed by atoms with E-state index in [0.29, 0.717) is 9.54 Å². The van der Waals surface area contributed by atoms with Crippen molar-refractivity contribution in [1.82, 2.24) is 0 Å². The van der Waals surface area contributed by atoms with Gasteiger partial charge in [0.15, 0.2) is 0 Å². The molecule has 0 bridgehead atoms. The first-order chi connectivity index (χ1) is 12.5. The predicted octanol–water partition coefficient (Wildman–Crippen LogP) is 8.34. The molecule has 0 aliphatic heterocycles. The zero-order chi connectivity index (χ0) is 18.8. The van der Waals surface area contributed by atoms with Crippen molar-refractivity contribution < 1.29 is 19.4 Å². The Balaban J connectivity index is 2.25. The molecule has 1 aliphatic carbocycles. The number of allylic oxidation sites excluding steroid dienone is 1. The average molecular weight is 466 g/mol. The third kappa shape index (κ3) is 3.92. The van der Waals surface area contributed by atoms with Gasteiger partial charge in [-0.1, -0.05) is 0 Å². The van der Waals surface area contributed by atoms with Crippen LogP contribution in [0, 0.1) is 6.92 Å². The summed E-state index contributed by atoms with van der Waals surface area (Å²) in [5, 5.41) is 0. The van der Waals surface area contributed by atoms with Crippen molar-refractivity contribution in [3.63, 3.8) is 0 Å². The molecule has 3 heteroatoms. The topological polar surface area (TPSA) is 0 Å². The summed E-state index contributed by atoms with van der Waals surface area (Å²) in [4.78, 5) is 0. The van der Waals surface area contributed by atoms with Gasteiger partial charge < -0.3 is 0 Å². The summed E-state index contributed by atoms with van der Waals surface area (Å²) in [7, 11) is 13.3. The van der Waals surface area contributed by atoms with Crippen LogP contribution in [-0.2, 0) is 19.4 Å². The zero-order valence-electron chi connectivity index (χ0n) is 16.1. The minimum atomic E-state index is -2.45. The molecule has 2 aromatic rings. The summed E-state index contributed by atoms with van der Waals surface area (Å²) < 4.78 is 0.311. The molecule has 0 fully saturated rings. The van der Waals surface area contributed by atoms with E-state index >= 15 is 0 Å². The van der Waals surface area contributed by atoms with Gasteiger partial charge in [0.2, 0.25) is 0 Å². The molecule has 2 aromatic carbocycles. The van der Waals surface area contributed by atoms with Crippen molar-refractivity contribution in [3.8, 4) is 11.1 Å². The molecule has 137 valence electrons. The molecule has 1 atom stereocenters. The number of fused-ring (bicyclic) bond motifs is 1. The Morgan fingerprint density at radius 2 is 1.81 bits per heavy atom. The van der Waals surface area contributed by atoms with Gasteiger partial charge in [-0.2, -0.15) is 0 Å². The third-order valence-corrected chi connectivity index (χ3v) is 10.7. The SMILES string of the molecule is CCCCC1=Cc2c(ccc(C(C)C)c2-c2ccccc2C)[CH]1[Zr]([Cl])[Cl]. The molecule has 0 radical (unpaired) electrons. The van der Waals surface area contributed by atoms with E-state index in [1.54, 1.807) is 0 Å². The van der Waals surface area contributed by atoms with Crippen LogP contribution >= 0.6 is 17.0 Å². The molecular formula is C23H27Cl2Zr. The van der Waals surface area contributed by atoms with Crippen LogP contribution in [0.2, 0.25) is 0 Å². The molecule has 26 heavy (non-hydrogen) atoms. The van der Waals surface area contributed by atoms with Crippen molar-refractivity contribution in [2.75, 3.05) is 0 Å². The van der Waals surface area contributed by atoms with Crippen LogP contribution in [0.15, 0.2) is 42.0 Å². The molecule has 0 nitrogen and oxygen atoms in total. The van der Waals surface area contributed by atoms with Crippen molar-refractivity contribution in [2.24, 2.45) is 0 Å². The summed E-state index contributed by atoms with van der Waals surface area (Å²) in [6.45, 7) is 9.01. The van der Waals surface area contributed by atoms with Gasteiger partial charge in [-0.25, -0.2) is 0 Å². The molecule has 0 heterocycles. The van der Waals surface area contributed by atoms with Crippen molar-refractivity contribution >= 4 is 23.1 Å². The first-order valence-corrected chi connectivity index (χ1v) is 17.3. The van der Waals surface area contributed by atoms with Gasteiger partial charge in [-0.05, 0) is 0 Å². The number of halogens is 2. The normalized spacial score (nSPS) is 16.0. The molecule has 3 rings (SSSR count). The van der Waals surface area contributed by atoms with Crippen LogP contribution in [0.3, 0.4) is 0 Å². The molecule has 1 unspecified atom stereocenters. The molecule has 0 amide bonds. The van der Waals surface area contributed by atoms with E-state index in [1.165, 1.54) is 51.8 Å². The Kier molecular flexibility index (Phi) is 6.87. The summed E-state index contributed by atoms with van der Waals surface area (Å²) in [6, 6.07) is 13.3. The number of aryl methyl sites for hydroxylation is 1. The average Bonchev–Trinajstić information content (AvgIpc) is 2.98. The van der Waals surface area contributed by atoms with Crippen molar-refractivity contribution in [1.29, 1.82) is 0 Å². The van der Waals surface area contributed by atoms with E-state index in [2.05, 4.69) is 70.2 Å². The van der Waals surface area contributed by atoms with E-state index in [0.717, 1.165) is 6.42 Å². The second kappa shape index (κ2) is 8.77. The minimum absolute atomic E-state index is 0.311. The Labute approximate surface area is 173 Å². The Hall–Kier alpha value is -0.357. The van der Waals surface area contributed by atoms with Crippen LogP contribution in [-0.4, -0.2) is 0 Å². The maximum absolute atomic E-state index is 6.64. The van der Waals surface area contributed by atoms with E-state index < -0.39 is 19.4 Å². The van der Waals surface area contributed by atoms with Crippen LogP contribution in [0.1, 0.15) is 71.8 Å². The van der Waals surface area contributed by atoms with E-state index in [-0.39, 0.29) is 0 Å². The number of hydrogen-bond donors (Lipinski definition) is 0. The number of hydrogen-bond acceptors (Lipinski definition) is 0. The van der Waals surface area contributed by atoms with Crippen molar-refractivity contribution in [2.45, 2.75) is 56.5 Å². The van der Waals surface area contributed by atoms with Gasteiger partial charge >= 0.3 is 174 Å². The summed E-state index contributed by atoms with van der Waals surface area (Å²) >= 11 is -2.45. The first kappa shape index (κ1) is 20.4. The molecule has 0 spiro atoms. The first-order valence-electron chi connectivity index (χ1n) is 9.56. The number of rotatable bonds is 6. The Bertz CT molecular complexity index is 821. The predicted molar refractivity (Wildman–Crippen MR) is 113 cm³/mol. The van der Waals surface area contributed by atoms with Gasteiger partial charge in [0.05, 0.1) is 0 Å². The standard InChI is InChI=1S/C23H27.2ClH.Zr/c1-5-6-10-18-14-19-12-13-20(16(2)3)23(22(19)15-18)21-11-8-7-9-17(21)4;;;/h7-9,11-16H,5-6,10H2,1-4H3;2*1H;/q;;;+2/p-2. The maximum atomic E-state index is 6.64. The Morgan fingerprint density at radius 1 is 1.08 bits per heavy atom. The number of unbranched alkanes of at least 4 members (excludes halogenated alkanes) is 1. The van der Waals surface area contributed by atoms with Crippen LogP contribution < -0.4 is 0 Å². The summed E-state index contributed by atoms with van der Waals surface area (Å²) in [5.41, 5.74) is 9.69. The second-order valence-electron chi connectivity index (χ2n) is 7.55.